The Bertz CT molecular complexity index is 1200. The highest BCUT2D eigenvalue weighted by Crippen LogP contribution is 2.45. The molecule has 1 aromatic heterocycles. The fraction of sp³-hybridized carbons (Fsp3) is 0.346. The van der Waals surface area contributed by atoms with E-state index in [1.807, 2.05) is 25.1 Å². The quantitative estimate of drug-likeness (QED) is 0.412. The van der Waals surface area contributed by atoms with E-state index in [1.54, 1.807) is 31.0 Å². The van der Waals surface area contributed by atoms with Gasteiger partial charge in [0.15, 0.2) is 11.3 Å². The van der Waals surface area contributed by atoms with Crippen LogP contribution in [0, 0.1) is 0 Å². The van der Waals surface area contributed by atoms with Crippen molar-refractivity contribution >= 4 is 17.6 Å². The van der Waals surface area contributed by atoms with Crippen LogP contribution in [-0.2, 0) is 15.9 Å². The lowest BCUT2D eigenvalue weighted by atomic mass is 10.0. The lowest BCUT2D eigenvalue weighted by Crippen LogP contribution is -2.36. The second-order valence-electron chi connectivity index (χ2n) is 8.32. The van der Waals surface area contributed by atoms with Gasteiger partial charge in [0.1, 0.15) is 17.6 Å². The van der Waals surface area contributed by atoms with Crippen molar-refractivity contribution in [2.45, 2.75) is 29.2 Å². The predicted molar refractivity (Wildman–Crippen MR) is 129 cm³/mol. The van der Waals surface area contributed by atoms with Gasteiger partial charge < -0.3 is 23.5 Å². The van der Waals surface area contributed by atoms with Gasteiger partial charge in [-0.1, -0.05) is 30.0 Å². The van der Waals surface area contributed by atoms with Crippen molar-refractivity contribution in [2.24, 2.45) is 0 Å². The summed E-state index contributed by atoms with van der Waals surface area (Å²) in [7, 11) is 1.68. The van der Waals surface area contributed by atoms with Crippen LogP contribution in [0.15, 0.2) is 67.5 Å². The van der Waals surface area contributed by atoms with Crippen molar-refractivity contribution < 1.29 is 18.6 Å². The molecule has 0 aliphatic carbocycles. The van der Waals surface area contributed by atoms with Gasteiger partial charge in [0.05, 0.1) is 19.8 Å². The Balaban J connectivity index is 1.45. The van der Waals surface area contributed by atoms with Crippen LogP contribution in [0.3, 0.4) is 0 Å². The largest absolute Gasteiger partial charge is 0.488 e. The standard InChI is InChI=1S/C26H27NO5S/c1-17(16-29-2)31-21-6-7-24-19(13-21)12-18-4-3-5-22(26(18)33-24)23-14-20(28)15-25(32-23)27-8-10-30-11-9-27/h3-7,13-15,17H,8-12,16H2,1-2H3/t17-/m1/s1. The number of morpholine rings is 1. The summed E-state index contributed by atoms with van der Waals surface area (Å²) in [5.74, 6) is 2.06. The summed E-state index contributed by atoms with van der Waals surface area (Å²) < 4.78 is 22.8. The average molecular weight is 466 g/mol. The number of benzene rings is 2. The lowest BCUT2D eigenvalue weighted by Gasteiger charge is -2.27. The van der Waals surface area contributed by atoms with Gasteiger partial charge in [-0.15, -0.1) is 0 Å². The van der Waals surface area contributed by atoms with E-state index in [-0.39, 0.29) is 11.5 Å². The second-order valence-corrected chi connectivity index (χ2v) is 9.37. The van der Waals surface area contributed by atoms with E-state index in [0.29, 0.717) is 31.5 Å². The Morgan fingerprint density at radius 1 is 1.09 bits per heavy atom. The van der Waals surface area contributed by atoms with E-state index < -0.39 is 0 Å². The van der Waals surface area contributed by atoms with Gasteiger partial charge in [-0.05, 0) is 42.7 Å². The molecule has 2 aromatic carbocycles. The van der Waals surface area contributed by atoms with Gasteiger partial charge in [0.2, 0.25) is 0 Å². The highest BCUT2D eigenvalue weighted by Gasteiger charge is 2.23. The van der Waals surface area contributed by atoms with Crippen LogP contribution in [0.1, 0.15) is 18.1 Å². The van der Waals surface area contributed by atoms with E-state index in [1.165, 1.54) is 16.0 Å². The zero-order valence-electron chi connectivity index (χ0n) is 18.8. The summed E-state index contributed by atoms with van der Waals surface area (Å²) in [5.41, 5.74) is 3.34. The lowest BCUT2D eigenvalue weighted by molar-refractivity contribution is 0.0920. The van der Waals surface area contributed by atoms with Gasteiger partial charge in [-0.2, -0.15) is 0 Å². The third kappa shape index (κ3) is 4.81. The molecule has 0 saturated carbocycles. The van der Waals surface area contributed by atoms with Crippen LogP contribution in [0.4, 0.5) is 5.88 Å². The maximum absolute atomic E-state index is 12.5. The smallest absolute Gasteiger partial charge is 0.200 e. The molecule has 0 spiro atoms. The highest BCUT2D eigenvalue weighted by atomic mass is 32.2. The Labute approximate surface area is 197 Å². The topological polar surface area (TPSA) is 61.1 Å². The van der Waals surface area contributed by atoms with Gasteiger partial charge in [-0.25, -0.2) is 0 Å². The van der Waals surface area contributed by atoms with Crippen molar-refractivity contribution in [1.29, 1.82) is 0 Å². The predicted octanol–water partition coefficient (Wildman–Crippen LogP) is 4.61. The molecule has 5 rings (SSSR count). The maximum atomic E-state index is 12.5. The molecule has 2 aliphatic heterocycles. The molecule has 2 aliphatic rings. The van der Waals surface area contributed by atoms with Gasteiger partial charge >= 0.3 is 0 Å². The minimum Gasteiger partial charge on any atom is -0.488 e. The Morgan fingerprint density at radius 2 is 1.94 bits per heavy atom. The number of nitrogens with zero attached hydrogens (tertiary/aromatic N) is 1. The first-order valence-corrected chi connectivity index (χ1v) is 12.0. The first-order chi connectivity index (χ1) is 16.1. The number of hydrogen-bond donors (Lipinski definition) is 0. The first-order valence-electron chi connectivity index (χ1n) is 11.2. The SMILES string of the molecule is COC[C@@H](C)Oc1ccc2c(c1)Cc1cccc(-c3cc(=O)cc(N4CCOCC4)o3)c1S2. The third-order valence-electron chi connectivity index (χ3n) is 5.80. The van der Waals surface area contributed by atoms with Crippen LogP contribution < -0.4 is 15.1 Å². The molecule has 1 fully saturated rings. The third-order valence-corrected chi connectivity index (χ3v) is 7.11. The van der Waals surface area contributed by atoms with Crippen LogP contribution in [-0.4, -0.2) is 46.1 Å². The van der Waals surface area contributed by atoms with Crippen LogP contribution in [0.5, 0.6) is 5.75 Å². The maximum Gasteiger partial charge on any atom is 0.200 e. The van der Waals surface area contributed by atoms with Crippen molar-refractivity contribution in [3.05, 3.63) is 69.9 Å². The monoisotopic (exact) mass is 465 g/mol. The zero-order valence-corrected chi connectivity index (χ0v) is 19.7. The molecule has 6 nitrogen and oxygen atoms in total. The molecule has 0 unspecified atom stereocenters. The normalized spacial score (nSPS) is 16.1. The number of methoxy groups -OCH3 is 1. The first kappa shape index (κ1) is 22.1. The zero-order chi connectivity index (χ0) is 22.8. The second kappa shape index (κ2) is 9.63. The van der Waals surface area contributed by atoms with E-state index in [2.05, 4.69) is 23.1 Å². The summed E-state index contributed by atoms with van der Waals surface area (Å²) in [6.45, 7) is 5.25. The van der Waals surface area contributed by atoms with Crippen molar-refractivity contribution in [3.63, 3.8) is 0 Å². The molecule has 33 heavy (non-hydrogen) atoms. The van der Waals surface area contributed by atoms with E-state index in [0.717, 1.165) is 35.7 Å². The minimum atomic E-state index is -0.0523. The fourth-order valence-electron chi connectivity index (χ4n) is 4.26. The highest BCUT2D eigenvalue weighted by molar-refractivity contribution is 7.99. The Morgan fingerprint density at radius 3 is 2.76 bits per heavy atom. The molecule has 0 radical (unpaired) electrons. The number of anilines is 1. The van der Waals surface area contributed by atoms with Gasteiger partial charge in [0.25, 0.3) is 0 Å². The molecule has 7 heteroatoms. The summed E-state index contributed by atoms with van der Waals surface area (Å²) in [6.07, 6.45) is 0.791. The number of hydrogen-bond acceptors (Lipinski definition) is 7. The number of fused-ring (bicyclic) bond motifs is 2. The van der Waals surface area contributed by atoms with Crippen LogP contribution >= 0.6 is 11.8 Å². The average Bonchev–Trinajstić information content (AvgIpc) is 2.82. The molecular formula is C26H27NO5S. The summed E-state index contributed by atoms with van der Waals surface area (Å²) in [4.78, 5) is 16.9. The Kier molecular flexibility index (Phi) is 6.44. The summed E-state index contributed by atoms with van der Waals surface area (Å²) in [5, 5.41) is 0. The van der Waals surface area contributed by atoms with Crippen molar-refractivity contribution in [2.75, 3.05) is 44.9 Å². The van der Waals surface area contributed by atoms with E-state index in [9.17, 15) is 4.79 Å². The molecule has 0 N–H and O–H groups in total. The minimum absolute atomic E-state index is 0.00942. The van der Waals surface area contributed by atoms with Crippen molar-refractivity contribution in [1.82, 2.24) is 0 Å². The van der Waals surface area contributed by atoms with E-state index in [4.69, 9.17) is 18.6 Å². The molecule has 3 aromatic rings. The summed E-state index contributed by atoms with van der Waals surface area (Å²) in [6, 6.07) is 15.6. The van der Waals surface area contributed by atoms with E-state index >= 15 is 0 Å². The molecule has 1 saturated heterocycles. The molecule has 3 heterocycles. The Hall–Kier alpha value is -2.74. The molecular weight excluding hydrogens is 438 g/mol. The van der Waals surface area contributed by atoms with Crippen LogP contribution in [0.25, 0.3) is 11.3 Å². The molecule has 0 bridgehead atoms. The van der Waals surface area contributed by atoms with Crippen LogP contribution in [0.2, 0.25) is 0 Å². The van der Waals surface area contributed by atoms with Crippen molar-refractivity contribution in [3.8, 4) is 17.1 Å². The van der Waals surface area contributed by atoms with Gasteiger partial charge in [-0.3, -0.25) is 4.79 Å². The molecule has 172 valence electrons. The molecule has 1 atom stereocenters. The molecule has 0 amide bonds. The number of ether oxygens (including phenoxy) is 3. The number of rotatable bonds is 6. The van der Waals surface area contributed by atoms with Gasteiger partial charge in [0, 0.05) is 47.7 Å². The summed E-state index contributed by atoms with van der Waals surface area (Å²) >= 11 is 1.71. The fourth-order valence-corrected chi connectivity index (χ4v) is 5.43.